The third kappa shape index (κ3) is 4.20. The summed E-state index contributed by atoms with van der Waals surface area (Å²) < 4.78 is 1.39. The normalized spacial score (nSPS) is 11.9. The highest BCUT2D eigenvalue weighted by atomic mass is 32.1. The Balaban J connectivity index is 1.75. The van der Waals surface area contributed by atoms with Gasteiger partial charge in [-0.25, -0.2) is 9.67 Å². The fourth-order valence-corrected chi connectivity index (χ4v) is 3.08. The molecule has 1 amide bonds. The van der Waals surface area contributed by atoms with Gasteiger partial charge in [-0.1, -0.05) is 13.0 Å². The SMILES string of the molecule is CC[C@@H](Cn1nc(-c2cccs2)ccc1=O)NC(=O)c1cnc(C)cn1. The summed E-state index contributed by atoms with van der Waals surface area (Å²) in [5.41, 5.74) is 1.54. The molecule has 3 rings (SSSR count). The van der Waals surface area contributed by atoms with Gasteiger partial charge in [0.25, 0.3) is 11.5 Å². The Morgan fingerprint density at radius 3 is 2.77 bits per heavy atom. The van der Waals surface area contributed by atoms with E-state index in [9.17, 15) is 9.59 Å². The molecule has 8 heteroatoms. The van der Waals surface area contributed by atoms with Gasteiger partial charge in [-0.3, -0.25) is 14.6 Å². The van der Waals surface area contributed by atoms with Crippen LogP contribution in [0.25, 0.3) is 10.6 Å². The van der Waals surface area contributed by atoms with Crippen LogP contribution in [0.15, 0.2) is 46.8 Å². The molecule has 0 aromatic carbocycles. The van der Waals surface area contributed by atoms with E-state index in [1.807, 2.05) is 31.4 Å². The van der Waals surface area contributed by atoms with Crippen molar-refractivity contribution in [1.82, 2.24) is 25.1 Å². The number of hydrogen-bond acceptors (Lipinski definition) is 6. The van der Waals surface area contributed by atoms with Crippen LogP contribution in [0.4, 0.5) is 0 Å². The van der Waals surface area contributed by atoms with Crippen LogP contribution in [0.5, 0.6) is 0 Å². The summed E-state index contributed by atoms with van der Waals surface area (Å²) in [5.74, 6) is -0.313. The van der Waals surface area contributed by atoms with Crippen molar-refractivity contribution in [1.29, 1.82) is 0 Å². The molecule has 0 bridgehead atoms. The first-order chi connectivity index (χ1) is 12.6. The monoisotopic (exact) mass is 369 g/mol. The Bertz CT molecular complexity index is 935. The van der Waals surface area contributed by atoms with E-state index < -0.39 is 0 Å². The van der Waals surface area contributed by atoms with Crippen molar-refractivity contribution in [3.05, 3.63) is 63.8 Å². The maximum Gasteiger partial charge on any atom is 0.271 e. The molecule has 3 aromatic heterocycles. The number of rotatable bonds is 6. The summed E-state index contributed by atoms with van der Waals surface area (Å²) in [6, 6.07) is 6.87. The predicted octanol–water partition coefficient (Wildman–Crippen LogP) is 2.28. The van der Waals surface area contributed by atoms with Crippen molar-refractivity contribution < 1.29 is 4.79 Å². The van der Waals surface area contributed by atoms with Crippen molar-refractivity contribution in [2.24, 2.45) is 0 Å². The molecule has 0 saturated heterocycles. The lowest BCUT2D eigenvalue weighted by Gasteiger charge is -2.17. The number of hydrogen-bond donors (Lipinski definition) is 1. The Kier molecular flexibility index (Phi) is 5.52. The number of thiophene rings is 1. The summed E-state index contributed by atoms with van der Waals surface area (Å²) in [4.78, 5) is 33.6. The van der Waals surface area contributed by atoms with Crippen molar-refractivity contribution in [2.45, 2.75) is 32.9 Å². The highest BCUT2D eigenvalue weighted by molar-refractivity contribution is 7.13. The minimum atomic E-state index is -0.313. The smallest absolute Gasteiger partial charge is 0.271 e. The predicted molar refractivity (Wildman–Crippen MR) is 100 cm³/mol. The van der Waals surface area contributed by atoms with Gasteiger partial charge in [0.15, 0.2) is 0 Å². The molecule has 0 unspecified atom stereocenters. The number of nitrogens with one attached hydrogen (secondary N) is 1. The van der Waals surface area contributed by atoms with Gasteiger partial charge in [-0.15, -0.1) is 11.3 Å². The average molecular weight is 369 g/mol. The van der Waals surface area contributed by atoms with E-state index in [1.165, 1.54) is 16.9 Å². The van der Waals surface area contributed by atoms with Gasteiger partial charge in [-0.2, -0.15) is 5.10 Å². The molecule has 0 aliphatic heterocycles. The van der Waals surface area contributed by atoms with Crippen LogP contribution < -0.4 is 10.9 Å². The van der Waals surface area contributed by atoms with E-state index in [0.717, 1.165) is 16.3 Å². The van der Waals surface area contributed by atoms with Crippen LogP contribution in [0.1, 0.15) is 29.5 Å². The third-order valence-electron chi connectivity index (χ3n) is 3.88. The first-order valence-corrected chi connectivity index (χ1v) is 9.16. The molecule has 0 spiro atoms. The summed E-state index contributed by atoms with van der Waals surface area (Å²) in [6.07, 6.45) is 3.65. The minimum absolute atomic E-state index is 0.201. The van der Waals surface area contributed by atoms with Gasteiger partial charge in [0.2, 0.25) is 0 Å². The molecule has 3 aromatic rings. The molecule has 7 nitrogen and oxygen atoms in total. The zero-order valence-electron chi connectivity index (χ0n) is 14.5. The van der Waals surface area contributed by atoms with E-state index in [1.54, 1.807) is 23.6 Å². The lowest BCUT2D eigenvalue weighted by atomic mass is 10.2. The molecular weight excluding hydrogens is 350 g/mol. The molecule has 1 N–H and O–H groups in total. The fraction of sp³-hybridized carbons (Fsp3) is 0.278. The Morgan fingerprint density at radius 2 is 2.12 bits per heavy atom. The molecule has 3 heterocycles. The summed E-state index contributed by atoms with van der Waals surface area (Å²) in [6.45, 7) is 4.04. The minimum Gasteiger partial charge on any atom is -0.346 e. The standard InChI is InChI=1S/C18H19N5O2S/c1-3-13(21-18(25)15-10-19-12(2)9-20-15)11-23-17(24)7-6-14(22-23)16-5-4-8-26-16/h4-10,13H,3,11H2,1-2H3,(H,21,25)/t13-/m0/s1. The van der Waals surface area contributed by atoms with Crippen LogP contribution in [-0.2, 0) is 6.54 Å². The summed E-state index contributed by atoms with van der Waals surface area (Å²) in [7, 11) is 0. The van der Waals surface area contributed by atoms with Gasteiger partial charge in [-0.05, 0) is 30.9 Å². The van der Waals surface area contributed by atoms with Crippen LogP contribution in [0, 0.1) is 6.92 Å². The van der Waals surface area contributed by atoms with Crippen LogP contribution >= 0.6 is 11.3 Å². The number of carbonyl (C=O) groups excluding carboxylic acids is 1. The van der Waals surface area contributed by atoms with Gasteiger partial charge in [0, 0.05) is 18.3 Å². The maximum absolute atomic E-state index is 12.3. The Labute approximate surface area is 154 Å². The lowest BCUT2D eigenvalue weighted by Crippen LogP contribution is -2.40. The van der Waals surface area contributed by atoms with Crippen LogP contribution in [-0.4, -0.2) is 31.7 Å². The number of nitrogens with zero attached hydrogens (tertiary/aromatic N) is 4. The first-order valence-electron chi connectivity index (χ1n) is 8.28. The number of aryl methyl sites for hydroxylation is 1. The lowest BCUT2D eigenvalue weighted by molar-refractivity contribution is 0.0925. The molecule has 0 radical (unpaired) electrons. The largest absolute Gasteiger partial charge is 0.346 e. The van der Waals surface area contributed by atoms with Crippen molar-refractivity contribution in [2.75, 3.05) is 0 Å². The maximum atomic E-state index is 12.3. The fourth-order valence-electron chi connectivity index (χ4n) is 2.39. The quantitative estimate of drug-likeness (QED) is 0.720. The van der Waals surface area contributed by atoms with E-state index in [2.05, 4.69) is 20.4 Å². The van der Waals surface area contributed by atoms with Gasteiger partial charge >= 0.3 is 0 Å². The van der Waals surface area contributed by atoms with Gasteiger partial charge in [0.05, 0.1) is 23.3 Å². The van der Waals surface area contributed by atoms with Crippen molar-refractivity contribution in [3.8, 4) is 10.6 Å². The number of aromatic nitrogens is 4. The molecule has 1 atom stereocenters. The van der Waals surface area contributed by atoms with Gasteiger partial charge in [0.1, 0.15) is 11.4 Å². The molecule has 0 aliphatic rings. The molecule has 26 heavy (non-hydrogen) atoms. The van der Waals surface area contributed by atoms with Crippen LogP contribution in [0.2, 0.25) is 0 Å². The van der Waals surface area contributed by atoms with E-state index >= 15 is 0 Å². The van der Waals surface area contributed by atoms with E-state index in [0.29, 0.717) is 13.0 Å². The summed E-state index contributed by atoms with van der Waals surface area (Å²) >= 11 is 1.56. The zero-order valence-corrected chi connectivity index (χ0v) is 15.4. The second-order valence-electron chi connectivity index (χ2n) is 5.84. The van der Waals surface area contributed by atoms with Crippen LogP contribution in [0.3, 0.4) is 0 Å². The Hall–Kier alpha value is -2.87. The molecule has 0 saturated carbocycles. The average Bonchev–Trinajstić information content (AvgIpc) is 3.18. The zero-order chi connectivity index (χ0) is 18.5. The van der Waals surface area contributed by atoms with E-state index in [-0.39, 0.29) is 23.2 Å². The molecule has 0 aliphatic carbocycles. The molecule has 134 valence electrons. The number of carbonyl (C=O) groups is 1. The van der Waals surface area contributed by atoms with E-state index in [4.69, 9.17) is 0 Å². The van der Waals surface area contributed by atoms with Crippen molar-refractivity contribution >= 4 is 17.2 Å². The Morgan fingerprint density at radius 1 is 1.27 bits per heavy atom. The third-order valence-corrected chi connectivity index (χ3v) is 4.77. The molecular formula is C18H19N5O2S. The summed E-state index contributed by atoms with van der Waals surface area (Å²) in [5, 5.41) is 9.29. The first kappa shape index (κ1) is 17.9. The molecule has 0 fully saturated rings. The number of amides is 1. The second-order valence-corrected chi connectivity index (χ2v) is 6.79. The highest BCUT2D eigenvalue weighted by Gasteiger charge is 2.16. The second kappa shape index (κ2) is 8.01. The topological polar surface area (TPSA) is 89.8 Å². The van der Waals surface area contributed by atoms with Crippen molar-refractivity contribution in [3.63, 3.8) is 0 Å². The van der Waals surface area contributed by atoms with Gasteiger partial charge < -0.3 is 5.32 Å². The highest BCUT2D eigenvalue weighted by Crippen LogP contribution is 2.21.